The fraction of sp³-hybridized carbons (Fsp3) is 0.0833. The Morgan fingerprint density at radius 3 is 2.56 bits per heavy atom. The summed E-state index contributed by atoms with van der Waals surface area (Å²) >= 11 is 1.36. The molecule has 16 heavy (non-hydrogen) atoms. The highest BCUT2D eigenvalue weighted by atomic mass is 32.1. The van der Waals surface area contributed by atoms with Crippen molar-refractivity contribution in [3.8, 4) is 0 Å². The van der Waals surface area contributed by atoms with Crippen LogP contribution in [-0.4, -0.2) is 5.78 Å². The van der Waals surface area contributed by atoms with Crippen molar-refractivity contribution in [3.63, 3.8) is 0 Å². The van der Waals surface area contributed by atoms with Crippen LogP contribution >= 0.6 is 11.3 Å². The second kappa shape index (κ2) is 4.14. The van der Waals surface area contributed by atoms with Crippen LogP contribution in [0.2, 0.25) is 0 Å². The minimum absolute atomic E-state index is 0.221. The third kappa shape index (κ3) is 1.76. The number of halogens is 2. The van der Waals surface area contributed by atoms with Crippen molar-refractivity contribution in [3.05, 3.63) is 57.3 Å². The van der Waals surface area contributed by atoms with Crippen molar-refractivity contribution in [2.24, 2.45) is 0 Å². The highest BCUT2D eigenvalue weighted by molar-refractivity contribution is 7.08. The van der Waals surface area contributed by atoms with Crippen LogP contribution in [-0.2, 0) is 0 Å². The van der Waals surface area contributed by atoms with Crippen molar-refractivity contribution in [1.29, 1.82) is 0 Å². The molecule has 2 aromatic rings. The summed E-state index contributed by atoms with van der Waals surface area (Å²) in [5, 5.41) is 3.44. The molecule has 0 saturated heterocycles. The van der Waals surface area contributed by atoms with Gasteiger partial charge in [-0.1, -0.05) is 6.07 Å². The number of rotatable bonds is 2. The Balaban J connectivity index is 2.50. The van der Waals surface area contributed by atoms with Gasteiger partial charge in [-0.3, -0.25) is 4.79 Å². The van der Waals surface area contributed by atoms with Gasteiger partial charge in [-0.15, -0.1) is 0 Å². The van der Waals surface area contributed by atoms with Gasteiger partial charge in [0.15, 0.2) is 17.4 Å². The lowest BCUT2D eigenvalue weighted by Crippen LogP contribution is -2.05. The molecule has 0 bridgehead atoms. The van der Waals surface area contributed by atoms with Crippen LogP contribution in [0.5, 0.6) is 0 Å². The van der Waals surface area contributed by atoms with Crippen LogP contribution in [0.15, 0.2) is 29.0 Å². The predicted molar refractivity (Wildman–Crippen MR) is 58.8 cm³/mol. The molecule has 1 nitrogen and oxygen atoms in total. The summed E-state index contributed by atoms with van der Waals surface area (Å²) in [6.07, 6.45) is 0. The third-order valence-corrected chi connectivity index (χ3v) is 3.16. The molecule has 0 fully saturated rings. The van der Waals surface area contributed by atoms with E-state index >= 15 is 0 Å². The van der Waals surface area contributed by atoms with Crippen LogP contribution in [0, 0.1) is 18.6 Å². The largest absolute Gasteiger partial charge is 0.288 e. The molecule has 2 rings (SSSR count). The zero-order chi connectivity index (χ0) is 11.7. The van der Waals surface area contributed by atoms with E-state index in [0.717, 1.165) is 11.6 Å². The van der Waals surface area contributed by atoms with Crippen LogP contribution in [0.25, 0.3) is 0 Å². The second-order valence-corrected chi connectivity index (χ2v) is 4.14. The van der Waals surface area contributed by atoms with Gasteiger partial charge < -0.3 is 0 Å². The van der Waals surface area contributed by atoms with E-state index in [4.69, 9.17) is 0 Å². The van der Waals surface area contributed by atoms with Crippen molar-refractivity contribution >= 4 is 17.1 Å². The maximum atomic E-state index is 13.4. The van der Waals surface area contributed by atoms with Gasteiger partial charge in [0.1, 0.15) is 0 Å². The number of benzene rings is 1. The average molecular weight is 238 g/mol. The van der Waals surface area contributed by atoms with E-state index in [1.807, 2.05) is 0 Å². The molecule has 0 spiro atoms. The first-order valence-corrected chi connectivity index (χ1v) is 5.57. The molecule has 1 aromatic carbocycles. The standard InChI is InChI=1S/C12H8F2OS/c1-7-5-16-6-9(7)12(15)8-3-2-4-10(13)11(8)14/h2-6H,1H3. The van der Waals surface area contributed by atoms with E-state index in [1.165, 1.54) is 23.5 Å². The van der Waals surface area contributed by atoms with Crippen LogP contribution < -0.4 is 0 Å². The van der Waals surface area contributed by atoms with Crippen LogP contribution in [0.4, 0.5) is 8.78 Å². The Morgan fingerprint density at radius 2 is 1.94 bits per heavy atom. The van der Waals surface area contributed by atoms with E-state index in [9.17, 15) is 13.6 Å². The highest BCUT2D eigenvalue weighted by Crippen LogP contribution is 2.20. The summed E-state index contributed by atoms with van der Waals surface area (Å²) in [5.74, 6) is -2.56. The summed E-state index contributed by atoms with van der Waals surface area (Å²) in [4.78, 5) is 11.9. The number of thiophene rings is 1. The van der Waals surface area contributed by atoms with Crippen molar-refractivity contribution in [2.45, 2.75) is 6.92 Å². The summed E-state index contributed by atoms with van der Waals surface area (Å²) in [6, 6.07) is 3.61. The van der Waals surface area contributed by atoms with Crippen molar-refractivity contribution in [1.82, 2.24) is 0 Å². The maximum Gasteiger partial charge on any atom is 0.197 e. The lowest BCUT2D eigenvalue weighted by Gasteiger charge is -2.02. The summed E-state index contributed by atoms with van der Waals surface area (Å²) in [6.45, 7) is 1.76. The molecular formula is C12H8F2OS. The number of carbonyl (C=O) groups is 1. The van der Waals surface area contributed by atoms with Gasteiger partial charge in [0.05, 0.1) is 5.56 Å². The Hall–Kier alpha value is -1.55. The number of hydrogen-bond acceptors (Lipinski definition) is 2. The number of hydrogen-bond donors (Lipinski definition) is 0. The molecule has 0 radical (unpaired) electrons. The van der Waals surface area contributed by atoms with Gasteiger partial charge >= 0.3 is 0 Å². The Kier molecular flexibility index (Phi) is 2.83. The smallest absolute Gasteiger partial charge is 0.197 e. The fourth-order valence-electron chi connectivity index (χ4n) is 1.42. The first-order valence-electron chi connectivity index (χ1n) is 4.62. The zero-order valence-corrected chi connectivity index (χ0v) is 9.28. The maximum absolute atomic E-state index is 13.4. The topological polar surface area (TPSA) is 17.1 Å². The van der Waals surface area contributed by atoms with E-state index in [-0.39, 0.29) is 5.56 Å². The molecule has 4 heteroatoms. The van der Waals surface area contributed by atoms with Gasteiger partial charge in [0, 0.05) is 10.9 Å². The predicted octanol–water partition coefficient (Wildman–Crippen LogP) is 3.57. The van der Waals surface area contributed by atoms with E-state index in [1.54, 1.807) is 17.7 Å². The second-order valence-electron chi connectivity index (χ2n) is 3.40. The van der Waals surface area contributed by atoms with Crippen LogP contribution in [0.1, 0.15) is 21.5 Å². The van der Waals surface area contributed by atoms with Crippen molar-refractivity contribution < 1.29 is 13.6 Å². The molecule has 0 unspecified atom stereocenters. The van der Waals surface area contributed by atoms with Gasteiger partial charge in [-0.25, -0.2) is 8.78 Å². The molecule has 0 aliphatic carbocycles. The number of aryl methyl sites for hydroxylation is 1. The Bertz CT molecular complexity index is 546. The summed E-state index contributed by atoms with van der Waals surface area (Å²) in [7, 11) is 0. The molecule has 1 heterocycles. The number of ketones is 1. The highest BCUT2D eigenvalue weighted by Gasteiger charge is 2.18. The lowest BCUT2D eigenvalue weighted by molar-refractivity contribution is 0.103. The molecular weight excluding hydrogens is 230 g/mol. The molecule has 0 saturated carbocycles. The van der Waals surface area contributed by atoms with Gasteiger partial charge in [0.25, 0.3) is 0 Å². The van der Waals surface area contributed by atoms with Gasteiger partial charge in [-0.05, 0) is 30.0 Å². The molecule has 0 amide bonds. The Labute approximate surface area is 95.4 Å². The molecule has 0 aliphatic heterocycles. The zero-order valence-electron chi connectivity index (χ0n) is 8.46. The molecule has 0 aliphatic rings. The Morgan fingerprint density at radius 1 is 1.19 bits per heavy atom. The quantitative estimate of drug-likeness (QED) is 0.731. The van der Waals surface area contributed by atoms with Crippen LogP contribution in [0.3, 0.4) is 0 Å². The first kappa shape index (κ1) is 11.0. The molecule has 1 aromatic heterocycles. The minimum Gasteiger partial charge on any atom is -0.288 e. The van der Waals surface area contributed by atoms with Crippen molar-refractivity contribution in [2.75, 3.05) is 0 Å². The first-order chi connectivity index (χ1) is 7.61. The monoisotopic (exact) mass is 238 g/mol. The van der Waals surface area contributed by atoms with Gasteiger partial charge in [-0.2, -0.15) is 11.3 Å². The normalized spacial score (nSPS) is 10.4. The summed E-state index contributed by atoms with van der Waals surface area (Å²) < 4.78 is 26.3. The SMILES string of the molecule is Cc1cscc1C(=O)c1cccc(F)c1F. The number of carbonyl (C=O) groups excluding carboxylic acids is 1. The van der Waals surface area contributed by atoms with E-state index < -0.39 is 17.4 Å². The van der Waals surface area contributed by atoms with E-state index in [0.29, 0.717) is 5.56 Å². The lowest BCUT2D eigenvalue weighted by atomic mass is 10.0. The van der Waals surface area contributed by atoms with Gasteiger partial charge in [0.2, 0.25) is 0 Å². The average Bonchev–Trinajstić information content (AvgIpc) is 2.68. The fourth-order valence-corrected chi connectivity index (χ4v) is 2.25. The molecule has 82 valence electrons. The molecule has 0 atom stereocenters. The summed E-state index contributed by atoms with van der Waals surface area (Å²) in [5.41, 5.74) is 0.981. The molecule has 0 N–H and O–H groups in total. The third-order valence-electron chi connectivity index (χ3n) is 2.30. The van der Waals surface area contributed by atoms with E-state index in [2.05, 4.69) is 0 Å². The minimum atomic E-state index is -1.09.